The van der Waals surface area contributed by atoms with Gasteiger partial charge in [-0.15, -0.1) is 0 Å². The lowest BCUT2D eigenvalue weighted by molar-refractivity contribution is -0.0500. The first-order chi connectivity index (χ1) is 14.4. The van der Waals surface area contributed by atoms with Gasteiger partial charge in [0.25, 0.3) is 0 Å². The molecule has 0 heterocycles. The van der Waals surface area contributed by atoms with E-state index in [1.54, 1.807) is 6.07 Å². The van der Waals surface area contributed by atoms with E-state index in [9.17, 15) is 21.6 Å². The van der Waals surface area contributed by atoms with Crippen LogP contribution in [0.5, 0.6) is 5.75 Å². The van der Waals surface area contributed by atoms with Crippen molar-refractivity contribution in [3.63, 3.8) is 0 Å². The van der Waals surface area contributed by atoms with Gasteiger partial charge in [-0.2, -0.15) is 21.6 Å². The number of benzene rings is 1. The van der Waals surface area contributed by atoms with Crippen molar-refractivity contribution in [2.75, 3.05) is 0 Å². The van der Waals surface area contributed by atoms with Crippen LogP contribution in [0.2, 0.25) is 0 Å². The normalized spacial score (nSPS) is 29.6. The molecule has 1 aromatic carbocycles. The number of halogens is 3. The molecule has 1 fully saturated rings. The zero-order valence-corrected chi connectivity index (χ0v) is 18.4. The maximum absolute atomic E-state index is 12.6. The van der Waals surface area contributed by atoms with Gasteiger partial charge in [0.1, 0.15) is 5.75 Å². The molecule has 0 spiro atoms. The molecule has 0 aromatic heterocycles. The van der Waals surface area contributed by atoms with Crippen LogP contribution in [0.25, 0.3) is 0 Å². The van der Waals surface area contributed by atoms with Crippen molar-refractivity contribution in [1.82, 2.24) is 0 Å². The number of allylic oxidation sites excluding steroid dienone is 3. The van der Waals surface area contributed by atoms with Crippen molar-refractivity contribution in [2.45, 2.75) is 57.4 Å². The Kier molecular flexibility index (Phi) is 5.28. The van der Waals surface area contributed by atoms with Gasteiger partial charge >= 0.3 is 15.6 Å². The minimum atomic E-state index is -5.66. The number of aryl methyl sites for hydroxylation is 1. The molecular formula is C24H25F3O3S. The fourth-order valence-corrected chi connectivity index (χ4v) is 6.17. The predicted octanol–water partition coefficient (Wildman–Crippen LogP) is 5.89. The smallest absolute Gasteiger partial charge is 0.376 e. The van der Waals surface area contributed by atoms with E-state index in [0.29, 0.717) is 24.2 Å². The summed E-state index contributed by atoms with van der Waals surface area (Å²) in [5.74, 6) is 7.42. The van der Waals surface area contributed by atoms with E-state index in [1.165, 1.54) is 17.7 Å². The Labute approximate surface area is 181 Å². The van der Waals surface area contributed by atoms with Gasteiger partial charge in [-0.1, -0.05) is 37.5 Å². The first-order valence-electron chi connectivity index (χ1n) is 10.4. The highest BCUT2D eigenvalue weighted by Crippen LogP contribution is 2.61. The molecule has 4 rings (SSSR count). The van der Waals surface area contributed by atoms with Gasteiger partial charge in [0.05, 0.1) is 0 Å². The SMILES string of the molecule is C=C(C)C#CC1=CC[C@H]2[C@@H]3CCc4cc(OS(=O)(=O)C(F)(F)F)ccc4[C@H]3CC[C@]12C. The van der Waals surface area contributed by atoms with Crippen molar-refractivity contribution < 1.29 is 25.8 Å². The van der Waals surface area contributed by atoms with Crippen molar-refractivity contribution in [2.24, 2.45) is 17.3 Å². The molecule has 0 radical (unpaired) electrons. The van der Waals surface area contributed by atoms with Crippen LogP contribution in [-0.4, -0.2) is 13.9 Å². The molecule has 0 bridgehead atoms. The Hall–Kier alpha value is -2.20. The first kappa shape index (κ1) is 22.0. The van der Waals surface area contributed by atoms with E-state index in [1.807, 2.05) is 6.92 Å². The Bertz CT molecular complexity index is 1120. The highest BCUT2D eigenvalue weighted by atomic mass is 32.2. The second-order valence-electron chi connectivity index (χ2n) is 9.10. The molecule has 0 amide bonds. The summed E-state index contributed by atoms with van der Waals surface area (Å²) in [7, 11) is -5.66. The number of rotatable bonds is 2. The molecule has 3 nitrogen and oxygen atoms in total. The quantitative estimate of drug-likeness (QED) is 0.321. The van der Waals surface area contributed by atoms with Crippen LogP contribution in [0, 0.1) is 29.1 Å². The maximum atomic E-state index is 12.6. The van der Waals surface area contributed by atoms with Crippen LogP contribution in [0.15, 0.2) is 42.0 Å². The molecule has 3 aliphatic rings. The highest BCUT2D eigenvalue weighted by molar-refractivity contribution is 7.88. The third-order valence-electron chi connectivity index (χ3n) is 7.18. The predicted molar refractivity (Wildman–Crippen MR) is 113 cm³/mol. The fraction of sp³-hybridized carbons (Fsp3) is 0.500. The molecule has 3 aliphatic carbocycles. The summed E-state index contributed by atoms with van der Waals surface area (Å²) in [6.07, 6.45) is 6.82. The van der Waals surface area contributed by atoms with Crippen molar-refractivity contribution in [1.29, 1.82) is 0 Å². The van der Waals surface area contributed by atoms with Gasteiger partial charge in [-0.25, -0.2) is 0 Å². The van der Waals surface area contributed by atoms with Crippen LogP contribution in [0.3, 0.4) is 0 Å². The Morgan fingerprint density at radius 2 is 2.03 bits per heavy atom. The topological polar surface area (TPSA) is 43.4 Å². The number of hydrogen-bond acceptors (Lipinski definition) is 3. The van der Waals surface area contributed by atoms with E-state index >= 15 is 0 Å². The van der Waals surface area contributed by atoms with E-state index in [0.717, 1.165) is 42.4 Å². The molecular weight excluding hydrogens is 425 g/mol. The van der Waals surface area contributed by atoms with E-state index < -0.39 is 15.6 Å². The zero-order chi connectivity index (χ0) is 22.6. The summed E-state index contributed by atoms with van der Waals surface area (Å²) in [4.78, 5) is 0. The van der Waals surface area contributed by atoms with Crippen molar-refractivity contribution >= 4 is 10.1 Å². The molecule has 0 N–H and O–H groups in total. The molecule has 0 unspecified atom stereocenters. The van der Waals surface area contributed by atoms with Crippen molar-refractivity contribution in [3.8, 4) is 17.6 Å². The first-order valence-corrected chi connectivity index (χ1v) is 11.8. The molecule has 0 aliphatic heterocycles. The average Bonchev–Trinajstić information content (AvgIpc) is 3.01. The molecule has 31 heavy (non-hydrogen) atoms. The number of fused-ring (bicyclic) bond motifs is 5. The number of alkyl halides is 3. The Morgan fingerprint density at radius 1 is 1.29 bits per heavy atom. The standard InChI is InChI=1S/C24H25F3O3S/c1-15(2)4-6-17-7-11-22-21-9-5-16-14-18(30-31(28,29)24(25,26)27)8-10-19(16)20(21)12-13-23(17,22)3/h7-8,10,14,20-22H,1,5,9,11-13H2,2-3H3/t20-,21-,22+,23-/m1/s1. The summed E-state index contributed by atoms with van der Waals surface area (Å²) in [6.45, 7) is 8.06. The largest absolute Gasteiger partial charge is 0.534 e. The molecule has 0 saturated heterocycles. The summed E-state index contributed by atoms with van der Waals surface area (Å²) < 4.78 is 64.9. The van der Waals surface area contributed by atoms with Gasteiger partial charge < -0.3 is 4.18 Å². The van der Waals surface area contributed by atoms with Crippen LogP contribution in [0.1, 0.15) is 56.6 Å². The third-order valence-corrected chi connectivity index (χ3v) is 8.16. The minimum Gasteiger partial charge on any atom is -0.376 e. The third kappa shape index (κ3) is 3.80. The summed E-state index contributed by atoms with van der Waals surface area (Å²) in [6, 6.07) is 4.55. The van der Waals surface area contributed by atoms with Crippen LogP contribution >= 0.6 is 0 Å². The number of hydrogen-bond donors (Lipinski definition) is 0. The highest BCUT2D eigenvalue weighted by Gasteiger charge is 2.52. The van der Waals surface area contributed by atoms with E-state index in [4.69, 9.17) is 0 Å². The Morgan fingerprint density at radius 3 is 2.71 bits per heavy atom. The summed E-state index contributed by atoms with van der Waals surface area (Å²) in [5.41, 5.74) is -1.36. The average molecular weight is 451 g/mol. The van der Waals surface area contributed by atoms with Gasteiger partial charge in [0.2, 0.25) is 0 Å². The Balaban J connectivity index is 1.57. The summed E-state index contributed by atoms with van der Waals surface area (Å²) in [5, 5.41) is 0. The van der Waals surface area contributed by atoms with Gasteiger partial charge in [-0.05, 0) is 85.6 Å². The lowest BCUT2D eigenvalue weighted by atomic mass is 9.54. The van der Waals surface area contributed by atoms with E-state index in [-0.39, 0.29) is 11.2 Å². The maximum Gasteiger partial charge on any atom is 0.534 e. The van der Waals surface area contributed by atoms with Gasteiger partial charge in [0, 0.05) is 11.0 Å². The lowest BCUT2D eigenvalue weighted by Gasteiger charge is -2.49. The summed E-state index contributed by atoms with van der Waals surface area (Å²) >= 11 is 0. The fourth-order valence-electron chi connectivity index (χ4n) is 5.72. The van der Waals surface area contributed by atoms with Crippen molar-refractivity contribution in [3.05, 3.63) is 53.1 Å². The van der Waals surface area contributed by atoms with Crippen LogP contribution in [0.4, 0.5) is 13.2 Å². The molecule has 166 valence electrons. The second-order valence-corrected chi connectivity index (χ2v) is 10.6. The lowest BCUT2D eigenvalue weighted by Crippen LogP contribution is -2.41. The molecule has 4 atom stereocenters. The van der Waals surface area contributed by atoms with Gasteiger partial charge in [0.15, 0.2) is 0 Å². The monoisotopic (exact) mass is 450 g/mol. The van der Waals surface area contributed by atoms with Crippen LogP contribution in [-0.2, 0) is 16.5 Å². The molecule has 7 heteroatoms. The zero-order valence-electron chi connectivity index (χ0n) is 17.6. The van der Waals surface area contributed by atoms with Gasteiger partial charge in [-0.3, -0.25) is 0 Å². The minimum absolute atomic E-state index is 0.0466. The molecule has 1 saturated carbocycles. The molecule has 1 aromatic rings. The van der Waals surface area contributed by atoms with Crippen LogP contribution < -0.4 is 4.18 Å². The second kappa shape index (κ2) is 7.44. The van der Waals surface area contributed by atoms with E-state index in [2.05, 4.69) is 35.6 Å².